The largest absolute Gasteiger partial charge is 0.496 e. The van der Waals surface area contributed by atoms with E-state index in [4.69, 9.17) is 16.3 Å². The molecule has 2 heterocycles. The number of para-hydroxylation sites is 1. The summed E-state index contributed by atoms with van der Waals surface area (Å²) in [6.45, 7) is 0. The Hall–Kier alpha value is -2.77. The summed E-state index contributed by atoms with van der Waals surface area (Å²) in [4.78, 5) is 17.4. The van der Waals surface area contributed by atoms with Gasteiger partial charge in [-0.25, -0.2) is 4.39 Å². The van der Waals surface area contributed by atoms with Crippen LogP contribution in [0.2, 0.25) is 5.02 Å². The van der Waals surface area contributed by atoms with Crippen LogP contribution in [0.3, 0.4) is 0 Å². The summed E-state index contributed by atoms with van der Waals surface area (Å²) < 4.78 is 20.8. The number of benzene rings is 2. The lowest BCUT2D eigenvalue weighted by molar-refractivity contribution is 0.416. The first kappa shape index (κ1) is 16.7. The molecule has 0 radical (unpaired) electrons. The van der Waals surface area contributed by atoms with E-state index in [0.29, 0.717) is 26.6 Å². The number of nitrogens with zero attached hydrogens (tertiary/aromatic N) is 3. The fraction of sp³-hybridized carbons (Fsp3) is 0.0556. The summed E-state index contributed by atoms with van der Waals surface area (Å²) in [6.07, 6.45) is 1.42. The Bertz CT molecular complexity index is 1210. The topological polar surface area (TPSA) is 56.5 Å². The normalized spacial score (nSPS) is 12.0. The van der Waals surface area contributed by atoms with Gasteiger partial charge in [0.05, 0.1) is 22.2 Å². The van der Waals surface area contributed by atoms with Gasteiger partial charge in [-0.1, -0.05) is 41.1 Å². The zero-order chi connectivity index (χ0) is 18.3. The van der Waals surface area contributed by atoms with Gasteiger partial charge in [0.1, 0.15) is 11.6 Å². The average molecular weight is 388 g/mol. The van der Waals surface area contributed by atoms with Crippen LogP contribution in [0.5, 0.6) is 5.75 Å². The van der Waals surface area contributed by atoms with Crippen LogP contribution in [-0.2, 0) is 0 Å². The van der Waals surface area contributed by atoms with Gasteiger partial charge in [-0.3, -0.25) is 4.79 Å². The molecule has 0 fully saturated rings. The Morgan fingerprint density at radius 2 is 2.04 bits per heavy atom. The van der Waals surface area contributed by atoms with Crippen molar-refractivity contribution in [3.05, 3.63) is 73.8 Å². The number of rotatable bonds is 3. The van der Waals surface area contributed by atoms with Crippen LogP contribution in [0.15, 0.2) is 47.3 Å². The molecule has 0 saturated heterocycles. The maximum Gasteiger partial charge on any atom is 0.291 e. The van der Waals surface area contributed by atoms with E-state index in [9.17, 15) is 9.18 Å². The van der Waals surface area contributed by atoms with Gasteiger partial charge < -0.3 is 4.74 Å². The standard InChI is InChI=1S/C18H11ClFN3O2S/c1-25-14-8-3-2-5-10(14)16-21-18-23(22-16)17(24)15(26-18)9-11-12(19)6-4-7-13(11)20/h2-9H,1H3. The zero-order valence-corrected chi connectivity index (χ0v) is 15.0. The minimum absolute atomic E-state index is 0.167. The Balaban J connectivity index is 1.87. The van der Waals surface area contributed by atoms with E-state index in [2.05, 4.69) is 10.1 Å². The first-order chi connectivity index (χ1) is 12.6. The molecule has 0 N–H and O–H groups in total. The SMILES string of the molecule is COc1ccccc1-c1nc2sc(=Cc3c(F)cccc3Cl)c(=O)n2n1. The summed E-state index contributed by atoms with van der Waals surface area (Å²) in [6, 6.07) is 11.7. The van der Waals surface area contributed by atoms with Crippen LogP contribution in [0.4, 0.5) is 4.39 Å². The van der Waals surface area contributed by atoms with Gasteiger partial charge in [0.2, 0.25) is 4.96 Å². The molecule has 4 rings (SSSR count). The van der Waals surface area contributed by atoms with Crippen molar-refractivity contribution in [1.82, 2.24) is 14.6 Å². The van der Waals surface area contributed by atoms with Crippen LogP contribution >= 0.6 is 22.9 Å². The van der Waals surface area contributed by atoms with Crippen molar-refractivity contribution >= 4 is 34.0 Å². The van der Waals surface area contributed by atoms with Gasteiger partial charge >= 0.3 is 0 Å². The van der Waals surface area contributed by atoms with E-state index >= 15 is 0 Å². The number of ether oxygens (including phenoxy) is 1. The molecule has 0 spiro atoms. The highest BCUT2D eigenvalue weighted by atomic mass is 35.5. The van der Waals surface area contributed by atoms with Gasteiger partial charge in [0, 0.05) is 5.56 Å². The highest BCUT2D eigenvalue weighted by Gasteiger charge is 2.15. The van der Waals surface area contributed by atoms with E-state index in [1.54, 1.807) is 19.2 Å². The number of fused-ring (bicyclic) bond motifs is 1. The predicted molar refractivity (Wildman–Crippen MR) is 99.3 cm³/mol. The summed E-state index contributed by atoms with van der Waals surface area (Å²) in [5.74, 6) is 0.509. The van der Waals surface area contributed by atoms with Crippen molar-refractivity contribution in [1.29, 1.82) is 0 Å². The van der Waals surface area contributed by atoms with Crippen LogP contribution in [-0.4, -0.2) is 21.7 Å². The molecule has 0 bridgehead atoms. The van der Waals surface area contributed by atoms with Crippen molar-refractivity contribution in [3.63, 3.8) is 0 Å². The molecule has 2 aromatic heterocycles. The Labute approximate surface area is 155 Å². The van der Waals surface area contributed by atoms with Crippen LogP contribution in [0.25, 0.3) is 22.4 Å². The van der Waals surface area contributed by atoms with E-state index in [1.807, 2.05) is 18.2 Å². The second-order valence-electron chi connectivity index (χ2n) is 5.38. The molecular weight excluding hydrogens is 377 g/mol. The lowest BCUT2D eigenvalue weighted by Crippen LogP contribution is -2.23. The number of hydrogen-bond acceptors (Lipinski definition) is 5. The van der Waals surface area contributed by atoms with Gasteiger partial charge in [-0.2, -0.15) is 9.50 Å². The third-order valence-electron chi connectivity index (χ3n) is 3.80. The van der Waals surface area contributed by atoms with Crippen LogP contribution in [0, 0.1) is 5.82 Å². The van der Waals surface area contributed by atoms with E-state index in [1.165, 1.54) is 22.7 Å². The summed E-state index contributed by atoms with van der Waals surface area (Å²) >= 11 is 7.14. The monoisotopic (exact) mass is 387 g/mol. The van der Waals surface area contributed by atoms with E-state index in [-0.39, 0.29) is 16.1 Å². The maximum absolute atomic E-state index is 14.0. The van der Waals surface area contributed by atoms with Crippen molar-refractivity contribution in [2.24, 2.45) is 0 Å². The first-order valence-electron chi connectivity index (χ1n) is 7.57. The van der Waals surface area contributed by atoms with Crippen LogP contribution < -0.4 is 14.8 Å². The fourth-order valence-corrected chi connectivity index (χ4v) is 3.66. The molecule has 26 heavy (non-hydrogen) atoms. The van der Waals surface area contributed by atoms with Gasteiger partial charge in [0.15, 0.2) is 5.82 Å². The van der Waals surface area contributed by atoms with Gasteiger partial charge in [-0.15, -0.1) is 5.10 Å². The molecule has 130 valence electrons. The molecule has 0 unspecified atom stereocenters. The minimum Gasteiger partial charge on any atom is -0.496 e. The summed E-state index contributed by atoms with van der Waals surface area (Å²) in [5.41, 5.74) is 0.478. The molecular formula is C18H11ClFN3O2S. The number of methoxy groups -OCH3 is 1. The minimum atomic E-state index is -0.495. The van der Waals surface area contributed by atoms with Gasteiger partial charge in [-0.05, 0) is 30.3 Å². The second kappa shape index (κ2) is 6.51. The Morgan fingerprint density at radius 3 is 2.77 bits per heavy atom. The smallest absolute Gasteiger partial charge is 0.291 e. The molecule has 2 aromatic carbocycles. The molecule has 8 heteroatoms. The highest BCUT2D eigenvalue weighted by molar-refractivity contribution is 7.15. The van der Waals surface area contributed by atoms with Crippen molar-refractivity contribution < 1.29 is 9.13 Å². The number of aromatic nitrogens is 3. The molecule has 0 amide bonds. The predicted octanol–water partition coefficient (Wildman–Crippen LogP) is 3.17. The average Bonchev–Trinajstić information content (AvgIpc) is 3.18. The zero-order valence-electron chi connectivity index (χ0n) is 13.4. The van der Waals surface area contributed by atoms with E-state index in [0.717, 1.165) is 11.3 Å². The van der Waals surface area contributed by atoms with Crippen LogP contribution in [0.1, 0.15) is 5.56 Å². The third-order valence-corrected chi connectivity index (χ3v) is 5.09. The van der Waals surface area contributed by atoms with Crippen molar-refractivity contribution in [3.8, 4) is 17.1 Å². The number of hydrogen-bond donors (Lipinski definition) is 0. The fourth-order valence-electron chi connectivity index (χ4n) is 2.56. The molecule has 0 saturated carbocycles. The quantitative estimate of drug-likeness (QED) is 0.542. The second-order valence-corrected chi connectivity index (χ2v) is 6.80. The van der Waals surface area contributed by atoms with Gasteiger partial charge in [0.25, 0.3) is 5.56 Å². The molecule has 5 nitrogen and oxygen atoms in total. The maximum atomic E-state index is 14.0. The lowest BCUT2D eigenvalue weighted by atomic mass is 10.2. The lowest BCUT2D eigenvalue weighted by Gasteiger charge is -2.03. The third kappa shape index (κ3) is 2.75. The summed E-state index contributed by atoms with van der Waals surface area (Å²) in [5, 5.41) is 4.51. The highest BCUT2D eigenvalue weighted by Crippen LogP contribution is 2.27. The molecule has 0 aliphatic carbocycles. The van der Waals surface area contributed by atoms with Crippen molar-refractivity contribution in [2.75, 3.05) is 7.11 Å². The van der Waals surface area contributed by atoms with E-state index < -0.39 is 5.82 Å². The molecule has 0 atom stereocenters. The molecule has 0 aliphatic rings. The first-order valence-corrected chi connectivity index (χ1v) is 8.76. The van der Waals surface area contributed by atoms with Crippen molar-refractivity contribution in [2.45, 2.75) is 0 Å². The Morgan fingerprint density at radius 1 is 1.23 bits per heavy atom. The number of halogens is 2. The summed E-state index contributed by atoms with van der Waals surface area (Å²) in [7, 11) is 1.56. The molecule has 0 aliphatic heterocycles. The number of thiazole rings is 1. The molecule has 4 aromatic rings. The Kier molecular flexibility index (Phi) is 4.18.